The SMILES string of the molecule is COc1ccc([C@H]2[C@H](S(=O)(=O)c3ccc(Cl)cc3)[C@@]2(CN)NC(=O)OC(C)(C)C)cc1. The number of rotatable bonds is 6. The van der Waals surface area contributed by atoms with E-state index in [1.165, 1.54) is 24.3 Å². The van der Waals surface area contributed by atoms with Gasteiger partial charge in [-0.15, -0.1) is 0 Å². The van der Waals surface area contributed by atoms with Gasteiger partial charge in [0.15, 0.2) is 9.84 Å². The zero-order valence-electron chi connectivity index (χ0n) is 17.9. The third kappa shape index (κ3) is 4.66. The van der Waals surface area contributed by atoms with Gasteiger partial charge in [0.25, 0.3) is 0 Å². The van der Waals surface area contributed by atoms with E-state index < -0.39 is 38.2 Å². The molecule has 3 N–H and O–H groups in total. The van der Waals surface area contributed by atoms with Crippen molar-refractivity contribution in [1.82, 2.24) is 5.32 Å². The van der Waals surface area contributed by atoms with Crippen molar-refractivity contribution in [2.45, 2.75) is 48.0 Å². The number of carbonyl (C=O) groups is 1. The van der Waals surface area contributed by atoms with E-state index in [1.54, 1.807) is 52.1 Å². The van der Waals surface area contributed by atoms with Crippen molar-refractivity contribution in [3.8, 4) is 5.75 Å². The maximum Gasteiger partial charge on any atom is 0.408 e. The van der Waals surface area contributed by atoms with Gasteiger partial charge in [-0.2, -0.15) is 0 Å². The average Bonchev–Trinajstić information content (AvgIpc) is 3.36. The Hall–Kier alpha value is -2.29. The van der Waals surface area contributed by atoms with Gasteiger partial charge in [0.2, 0.25) is 0 Å². The number of methoxy groups -OCH3 is 1. The molecule has 168 valence electrons. The van der Waals surface area contributed by atoms with Gasteiger partial charge in [0.05, 0.1) is 17.5 Å². The molecule has 0 spiro atoms. The van der Waals surface area contributed by atoms with Crippen LogP contribution < -0.4 is 15.8 Å². The molecular weight excluding hydrogens is 440 g/mol. The second-order valence-electron chi connectivity index (χ2n) is 8.54. The monoisotopic (exact) mass is 466 g/mol. The number of carbonyl (C=O) groups excluding carboxylic acids is 1. The molecule has 0 bridgehead atoms. The molecule has 1 fully saturated rings. The summed E-state index contributed by atoms with van der Waals surface area (Å²) in [5.41, 5.74) is 4.85. The molecule has 9 heteroatoms. The first-order valence-corrected chi connectivity index (χ1v) is 11.7. The summed E-state index contributed by atoms with van der Waals surface area (Å²) in [5, 5.41) is 2.23. The molecule has 1 saturated carbocycles. The highest BCUT2D eigenvalue weighted by atomic mass is 35.5. The van der Waals surface area contributed by atoms with E-state index in [0.29, 0.717) is 10.8 Å². The zero-order valence-corrected chi connectivity index (χ0v) is 19.5. The minimum absolute atomic E-state index is 0.0829. The number of ether oxygens (including phenoxy) is 2. The number of nitrogens with two attached hydrogens (primary N) is 1. The van der Waals surface area contributed by atoms with Crippen molar-refractivity contribution in [3.05, 3.63) is 59.1 Å². The summed E-state index contributed by atoms with van der Waals surface area (Å²) in [6.45, 7) is 5.12. The van der Waals surface area contributed by atoms with Crippen molar-refractivity contribution in [2.75, 3.05) is 13.7 Å². The lowest BCUT2D eigenvalue weighted by Crippen LogP contribution is -2.49. The summed E-state index contributed by atoms with van der Waals surface area (Å²) in [6, 6.07) is 13.0. The number of amides is 1. The molecule has 3 atom stereocenters. The third-order valence-electron chi connectivity index (χ3n) is 5.28. The van der Waals surface area contributed by atoms with Gasteiger partial charge in [-0.3, -0.25) is 0 Å². The van der Waals surface area contributed by atoms with Crippen LogP contribution in [0.5, 0.6) is 5.75 Å². The number of hydrogen-bond acceptors (Lipinski definition) is 6. The van der Waals surface area contributed by atoms with Crippen LogP contribution in [-0.4, -0.2) is 44.6 Å². The molecule has 0 saturated heterocycles. The lowest BCUT2D eigenvalue weighted by molar-refractivity contribution is 0.0497. The number of sulfone groups is 1. The van der Waals surface area contributed by atoms with Crippen molar-refractivity contribution in [2.24, 2.45) is 5.73 Å². The number of benzene rings is 2. The maximum absolute atomic E-state index is 13.5. The van der Waals surface area contributed by atoms with E-state index in [0.717, 1.165) is 5.56 Å². The second kappa shape index (κ2) is 8.33. The standard InChI is InChI=1S/C22H27ClN2O5S/c1-21(2,3)30-20(26)25-22(13-24)18(14-5-9-16(29-4)10-6-14)19(22)31(27,28)17-11-7-15(23)8-12-17/h5-12,18-19H,13,24H2,1-4H3,(H,25,26)/t18-,19-,22-/m0/s1. The van der Waals surface area contributed by atoms with Crippen LogP contribution in [0, 0.1) is 0 Å². The van der Waals surface area contributed by atoms with Crippen LogP contribution in [-0.2, 0) is 14.6 Å². The van der Waals surface area contributed by atoms with Crippen LogP contribution in [0.1, 0.15) is 32.3 Å². The van der Waals surface area contributed by atoms with Crippen LogP contribution >= 0.6 is 11.6 Å². The van der Waals surface area contributed by atoms with E-state index >= 15 is 0 Å². The van der Waals surface area contributed by atoms with Crippen molar-refractivity contribution in [1.29, 1.82) is 0 Å². The Labute approximate surface area is 187 Å². The van der Waals surface area contributed by atoms with Crippen LogP contribution in [0.4, 0.5) is 4.79 Å². The Balaban J connectivity index is 2.03. The van der Waals surface area contributed by atoms with Crippen LogP contribution in [0.15, 0.2) is 53.4 Å². The molecular formula is C22H27ClN2O5S. The van der Waals surface area contributed by atoms with Gasteiger partial charge < -0.3 is 20.5 Å². The van der Waals surface area contributed by atoms with Gasteiger partial charge in [-0.05, 0) is 62.7 Å². The Bertz CT molecular complexity index is 1050. The summed E-state index contributed by atoms with van der Waals surface area (Å²) >= 11 is 5.92. The molecule has 2 aromatic rings. The van der Waals surface area contributed by atoms with E-state index in [2.05, 4.69) is 5.32 Å². The van der Waals surface area contributed by atoms with E-state index in [1.807, 2.05) is 0 Å². The number of halogens is 1. The molecule has 7 nitrogen and oxygen atoms in total. The quantitative estimate of drug-likeness (QED) is 0.674. The van der Waals surface area contributed by atoms with Crippen LogP contribution in [0.2, 0.25) is 5.02 Å². The summed E-state index contributed by atoms with van der Waals surface area (Å²) in [6.07, 6.45) is -0.717. The molecule has 1 amide bonds. The van der Waals surface area contributed by atoms with Crippen LogP contribution in [0.3, 0.4) is 0 Å². The van der Waals surface area contributed by atoms with Gasteiger partial charge in [0.1, 0.15) is 16.6 Å². The number of alkyl carbamates (subject to hydrolysis) is 1. The second-order valence-corrected chi connectivity index (χ2v) is 11.0. The Morgan fingerprint density at radius 2 is 1.71 bits per heavy atom. The molecule has 0 heterocycles. The fraction of sp³-hybridized carbons (Fsp3) is 0.409. The molecule has 0 unspecified atom stereocenters. The third-order valence-corrected chi connectivity index (χ3v) is 7.82. The first-order chi connectivity index (χ1) is 14.4. The fourth-order valence-electron chi connectivity index (χ4n) is 3.85. The molecule has 3 rings (SSSR count). The Morgan fingerprint density at radius 3 is 2.19 bits per heavy atom. The van der Waals surface area contributed by atoms with Crippen LogP contribution in [0.25, 0.3) is 0 Å². The summed E-state index contributed by atoms with van der Waals surface area (Å²) in [4.78, 5) is 12.7. The summed E-state index contributed by atoms with van der Waals surface area (Å²) in [7, 11) is -2.29. The predicted octanol–water partition coefficient (Wildman–Crippen LogP) is 3.51. The number of hydrogen-bond donors (Lipinski definition) is 2. The maximum atomic E-state index is 13.5. The van der Waals surface area contributed by atoms with Gasteiger partial charge >= 0.3 is 6.09 Å². The highest BCUT2D eigenvalue weighted by Gasteiger charge is 2.71. The highest BCUT2D eigenvalue weighted by molar-refractivity contribution is 7.92. The van der Waals surface area contributed by atoms with E-state index in [9.17, 15) is 13.2 Å². The Morgan fingerprint density at radius 1 is 1.13 bits per heavy atom. The molecule has 1 aliphatic rings. The minimum atomic E-state index is -3.84. The summed E-state index contributed by atoms with van der Waals surface area (Å²) < 4.78 is 37.7. The summed E-state index contributed by atoms with van der Waals surface area (Å²) in [5.74, 6) is 0.0801. The molecule has 2 aromatic carbocycles. The molecule has 0 aliphatic heterocycles. The molecule has 0 radical (unpaired) electrons. The van der Waals surface area contributed by atoms with Gasteiger partial charge in [-0.25, -0.2) is 13.2 Å². The first kappa shape index (κ1) is 23.4. The molecule has 1 aliphatic carbocycles. The van der Waals surface area contributed by atoms with Gasteiger partial charge in [0, 0.05) is 17.5 Å². The normalized spacial score (nSPS) is 23.2. The fourth-order valence-corrected chi connectivity index (χ4v) is 6.32. The van der Waals surface area contributed by atoms with Crippen molar-refractivity contribution < 1.29 is 22.7 Å². The smallest absolute Gasteiger partial charge is 0.408 e. The van der Waals surface area contributed by atoms with E-state index in [4.69, 9.17) is 26.8 Å². The number of nitrogens with one attached hydrogen (secondary N) is 1. The van der Waals surface area contributed by atoms with Crippen molar-refractivity contribution in [3.63, 3.8) is 0 Å². The highest BCUT2D eigenvalue weighted by Crippen LogP contribution is 2.57. The molecule has 31 heavy (non-hydrogen) atoms. The predicted molar refractivity (Wildman–Crippen MR) is 119 cm³/mol. The lowest BCUT2D eigenvalue weighted by Gasteiger charge is -2.24. The topological polar surface area (TPSA) is 108 Å². The zero-order chi connectivity index (χ0) is 23.0. The van der Waals surface area contributed by atoms with E-state index in [-0.39, 0.29) is 11.4 Å². The van der Waals surface area contributed by atoms with Crippen molar-refractivity contribution >= 4 is 27.5 Å². The largest absolute Gasteiger partial charge is 0.497 e. The minimum Gasteiger partial charge on any atom is -0.497 e. The molecule has 0 aromatic heterocycles. The Kier molecular flexibility index (Phi) is 6.28. The first-order valence-electron chi connectivity index (χ1n) is 9.79. The van der Waals surface area contributed by atoms with Gasteiger partial charge in [-0.1, -0.05) is 23.7 Å². The average molecular weight is 467 g/mol. The lowest BCUT2D eigenvalue weighted by atomic mass is 10.1.